The zero-order valence-electron chi connectivity index (χ0n) is 14.1. The molecule has 3 rings (SSSR count). The minimum absolute atomic E-state index is 0.148. The van der Waals surface area contributed by atoms with E-state index in [0.29, 0.717) is 48.1 Å². The Kier molecular flexibility index (Phi) is 5.71. The van der Waals surface area contributed by atoms with Gasteiger partial charge in [-0.15, -0.1) is 0 Å². The van der Waals surface area contributed by atoms with E-state index in [-0.39, 0.29) is 18.3 Å². The molecule has 7 heteroatoms. The molecule has 2 aromatic rings. The lowest BCUT2D eigenvalue weighted by Gasteiger charge is -2.35. The smallest absolute Gasteiger partial charge is 0.238 e. The van der Waals surface area contributed by atoms with E-state index >= 15 is 0 Å². The van der Waals surface area contributed by atoms with E-state index in [1.165, 1.54) is 6.07 Å². The fraction of sp³-hybridized carbons (Fsp3) is 0.263. The summed E-state index contributed by atoms with van der Waals surface area (Å²) in [4.78, 5) is 16.2. The van der Waals surface area contributed by atoms with Gasteiger partial charge in [0, 0.05) is 31.9 Å². The summed E-state index contributed by atoms with van der Waals surface area (Å²) >= 11 is 5.97. The molecule has 1 amide bonds. The second kappa shape index (κ2) is 8.17. The maximum Gasteiger partial charge on any atom is 0.238 e. The molecule has 1 aliphatic rings. The molecule has 1 aliphatic heterocycles. The fourth-order valence-corrected chi connectivity index (χ4v) is 3.17. The number of nitriles is 1. The highest BCUT2D eigenvalue weighted by atomic mass is 35.5. The fourth-order valence-electron chi connectivity index (χ4n) is 2.94. The molecule has 1 N–H and O–H groups in total. The number of anilines is 2. The van der Waals surface area contributed by atoms with Crippen LogP contribution in [0.1, 0.15) is 5.56 Å². The van der Waals surface area contributed by atoms with Crippen LogP contribution in [0.2, 0.25) is 5.02 Å². The van der Waals surface area contributed by atoms with Crippen molar-refractivity contribution in [3.05, 3.63) is 58.9 Å². The number of amides is 1. The van der Waals surface area contributed by atoms with Crippen molar-refractivity contribution in [2.24, 2.45) is 0 Å². The van der Waals surface area contributed by atoms with E-state index in [2.05, 4.69) is 5.32 Å². The van der Waals surface area contributed by atoms with Gasteiger partial charge < -0.3 is 10.2 Å². The number of hydrogen-bond acceptors (Lipinski definition) is 4. The van der Waals surface area contributed by atoms with Crippen molar-refractivity contribution in [1.29, 1.82) is 5.26 Å². The monoisotopic (exact) mass is 372 g/mol. The SMILES string of the molecule is N#Cc1ccc(NC(=O)CN2CCN(c3ccccc3F)CC2)cc1Cl. The molecular formula is C19H18ClFN4O. The maximum absolute atomic E-state index is 13.9. The average molecular weight is 373 g/mol. The Labute approximate surface area is 156 Å². The Morgan fingerprint density at radius 1 is 1.19 bits per heavy atom. The molecule has 0 radical (unpaired) electrons. The number of hydrogen-bond donors (Lipinski definition) is 1. The van der Waals surface area contributed by atoms with Crippen LogP contribution in [0.5, 0.6) is 0 Å². The van der Waals surface area contributed by atoms with Crippen LogP contribution in [0, 0.1) is 17.1 Å². The number of halogens is 2. The van der Waals surface area contributed by atoms with Crippen LogP contribution in [-0.4, -0.2) is 43.5 Å². The van der Waals surface area contributed by atoms with Gasteiger partial charge in [0.1, 0.15) is 11.9 Å². The van der Waals surface area contributed by atoms with Crippen molar-refractivity contribution in [1.82, 2.24) is 4.90 Å². The third-order valence-corrected chi connectivity index (χ3v) is 4.62. The first kappa shape index (κ1) is 18.2. The second-order valence-electron chi connectivity index (χ2n) is 6.07. The predicted molar refractivity (Wildman–Crippen MR) is 99.8 cm³/mol. The van der Waals surface area contributed by atoms with Crippen molar-refractivity contribution in [2.45, 2.75) is 0 Å². The topological polar surface area (TPSA) is 59.4 Å². The Morgan fingerprint density at radius 2 is 1.92 bits per heavy atom. The first-order chi connectivity index (χ1) is 12.6. The molecule has 0 aromatic heterocycles. The number of para-hydroxylation sites is 1. The van der Waals surface area contributed by atoms with Gasteiger partial charge in [-0.25, -0.2) is 4.39 Å². The third-order valence-electron chi connectivity index (χ3n) is 4.31. The van der Waals surface area contributed by atoms with Gasteiger partial charge >= 0.3 is 0 Å². The van der Waals surface area contributed by atoms with Crippen molar-refractivity contribution < 1.29 is 9.18 Å². The predicted octanol–water partition coefficient (Wildman–Crippen LogP) is 3.11. The summed E-state index contributed by atoms with van der Waals surface area (Å²) in [5.74, 6) is -0.374. The number of nitrogens with zero attached hydrogens (tertiary/aromatic N) is 3. The Hall–Kier alpha value is -2.62. The number of carbonyl (C=O) groups excluding carboxylic acids is 1. The van der Waals surface area contributed by atoms with E-state index < -0.39 is 0 Å². The van der Waals surface area contributed by atoms with Crippen LogP contribution >= 0.6 is 11.6 Å². The number of rotatable bonds is 4. The Morgan fingerprint density at radius 3 is 2.58 bits per heavy atom. The third kappa shape index (κ3) is 4.31. The molecule has 0 unspecified atom stereocenters. The zero-order chi connectivity index (χ0) is 18.5. The van der Waals surface area contributed by atoms with Crippen molar-refractivity contribution in [3.63, 3.8) is 0 Å². The highest BCUT2D eigenvalue weighted by Gasteiger charge is 2.20. The second-order valence-corrected chi connectivity index (χ2v) is 6.48. The molecule has 2 aromatic carbocycles. The van der Waals surface area contributed by atoms with E-state index in [0.717, 1.165) is 0 Å². The van der Waals surface area contributed by atoms with Gasteiger partial charge in [0.25, 0.3) is 0 Å². The Balaban J connectivity index is 1.51. The largest absolute Gasteiger partial charge is 0.367 e. The quantitative estimate of drug-likeness (QED) is 0.895. The van der Waals surface area contributed by atoms with E-state index in [1.54, 1.807) is 30.3 Å². The summed E-state index contributed by atoms with van der Waals surface area (Å²) in [7, 11) is 0. The standard InChI is InChI=1S/C19H18ClFN4O/c20-16-11-15(6-5-14(16)12-22)23-19(26)13-24-7-9-25(10-8-24)18-4-2-1-3-17(18)21/h1-6,11H,7-10,13H2,(H,23,26). The van der Waals surface area contributed by atoms with Crippen LogP contribution in [-0.2, 0) is 4.79 Å². The van der Waals surface area contributed by atoms with Gasteiger partial charge in [-0.3, -0.25) is 9.69 Å². The molecular weight excluding hydrogens is 355 g/mol. The maximum atomic E-state index is 13.9. The molecule has 5 nitrogen and oxygen atoms in total. The number of nitrogens with one attached hydrogen (secondary N) is 1. The van der Waals surface area contributed by atoms with Gasteiger partial charge in [0.2, 0.25) is 5.91 Å². The number of benzene rings is 2. The number of piperazine rings is 1. The lowest BCUT2D eigenvalue weighted by molar-refractivity contribution is -0.117. The van der Waals surface area contributed by atoms with Crippen molar-refractivity contribution in [2.75, 3.05) is 42.9 Å². The summed E-state index contributed by atoms with van der Waals surface area (Å²) < 4.78 is 13.9. The van der Waals surface area contributed by atoms with Gasteiger partial charge in [-0.05, 0) is 30.3 Å². The van der Waals surface area contributed by atoms with E-state index in [9.17, 15) is 9.18 Å². The molecule has 1 fully saturated rings. The van der Waals surface area contributed by atoms with Gasteiger partial charge in [0.05, 0.1) is 22.8 Å². The molecule has 134 valence electrons. The van der Waals surface area contributed by atoms with Crippen molar-refractivity contribution in [3.8, 4) is 6.07 Å². The molecule has 0 atom stereocenters. The summed E-state index contributed by atoms with van der Waals surface area (Å²) in [6, 6.07) is 13.5. The first-order valence-corrected chi connectivity index (χ1v) is 8.66. The van der Waals surface area contributed by atoms with Crippen LogP contribution in [0.3, 0.4) is 0 Å². The zero-order valence-corrected chi connectivity index (χ0v) is 14.8. The number of carbonyl (C=O) groups is 1. The Bertz CT molecular complexity index is 844. The van der Waals surface area contributed by atoms with E-state index in [1.807, 2.05) is 21.9 Å². The lowest BCUT2D eigenvalue weighted by Crippen LogP contribution is -2.48. The molecule has 0 bridgehead atoms. The summed E-state index contributed by atoms with van der Waals surface area (Å²) in [5, 5.41) is 12.0. The van der Waals surface area contributed by atoms with Gasteiger partial charge in [0.15, 0.2) is 0 Å². The molecule has 0 aliphatic carbocycles. The average Bonchev–Trinajstić information content (AvgIpc) is 2.63. The highest BCUT2D eigenvalue weighted by molar-refractivity contribution is 6.32. The van der Waals surface area contributed by atoms with Gasteiger partial charge in [-0.2, -0.15) is 5.26 Å². The molecule has 1 heterocycles. The minimum Gasteiger partial charge on any atom is -0.367 e. The molecule has 0 saturated carbocycles. The van der Waals surface area contributed by atoms with Crippen LogP contribution in [0.15, 0.2) is 42.5 Å². The summed E-state index contributed by atoms with van der Waals surface area (Å²) in [6.45, 7) is 2.93. The van der Waals surface area contributed by atoms with Crippen LogP contribution in [0.25, 0.3) is 0 Å². The van der Waals surface area contributed by atoms with Crippen LogP contribution < -0.4 is 10.2 Å². The summed E-state index contributed by atoms with van der Waals surface area (Å²) in [5.41, 5.74) is 1.53. The summed E-state index contributed by atoms with van der Waals surface area (Å²) in [6.07, 6.45) is 0. The normalized spacial score (nSPS) is 14.7. The molecule has 1 saturated heterocycles. The highest BCUT2D eigenvalue weighted by Crippen LogP contribution is 2.21. The first-order valence-electron chi connectivity index (χ1n) is 8.28. The van der Waals surface area contributed by atoms with Crippen molar-refractivity contribution >= 4 is 28.9 Å². The lowest BCUT2D eigenvalue weighted by atomic mass is 10.2. The minimum atomic E-state index is -0.226. The molecule has 26 heavy (non-hydrogen) atoms. The van der Waals surface area contributed by atoms with Gasteiger partial charge in [-0.1, -0.05) is 23.7 Å². The molecule has 0 spiro atoms. The van der Waals surface area contributed by atoms with E-state index in [4.69, 9.17) is 16.9 Å². The van der Waals surface area contributed by atoms with Crippen LogP contribution in [0.4, 0.5) is 15.8 Å².